The molecule has 0 aliphatic carbocycles. The van der Waals surface area contributed by atoms with Gasteiger partial charge in [0.05, 0.1) is 5.69 Å². The minimum atomic E-state index is -3.79. The highest BCUT2D eigenvalue weighted by molar-refractivity contribution is 7.90. The van der Waals surface area contributed by atoms with Crippen LogP contribution in [0.2, 0.25) is 5.02 Å². The summed E-state index contributed by atoms with van der Waals surface area (Å²) in [6.07, 6.45) is 1.58. The second kappa shape index (κ2) is 5.10. The van der Waals surface area contributed by atoms with E-state index < -0.39 is 10.0 Å². The van der Waals surface area contributed by atoms with Crippen molar-refractivity contribution in [3.63, 3.8) is 0 Å². The Balaban J connectivity index is 2.26. The van der Waals surface area contributed by atoms with Gasteiger partial charge in [-0.15, -0.1) is 4.40 Å². The molecule has 1 N–H and O–H groups in total. The number of benzene rings is 1. The number of aromatic nitrogens is 1. The van der Waals surface area contributed by atoms with Gasteiger partial charge in [-0.1, -0.05) is 17.7 Å². The molecule has 0 unspecified atom stereocenters. The van der Waals surface area contributed by atoms with Crippen molar-refractivity contribution >= 4 is 33.1 Å². The molecule has 0 bridgehead atoms. The van der Waals surface area contributed by atoms with Gasteiger partial charge in [0.25, 0.3) is 10.0 Å². The minimum Gasteiger partial charge on any atom is -0.256 e. The quantitative estimate of drug-likeness (QED) is 0.913. The lowest BCUT2D eigenvalue weighted by Gasteiger charge is -2.29. The van der Waals surface area contributed by atoms with Crippen molar-refractivity contribution in [3.05, 3.63) is 53.3 Å². The summed E-state index contributed by atoms with van der Waals surface area (Å²) in [5.74, 6) is 0.202. The number of sulfonamides is 1. The number of hydrazine groups is 1. The first-order chi connectivity index (χ1) is 10.0. The summed E-state index contributed by atoms with van der Waals surface area (Å²) >= 11 is 5.98. The van der Waals surface area contributed by atoms with Crippen molar-refractivity contribution in [1.29, 1.82) is 0 Å². The molecule has 0 fully saturated rings. The Labute approximate surface area is 127 Å². The summed E-state index contributed by atoms with van der Waals surface area (Å²) in [5, 5.41) is 1.98. The molecule has 0 spiro atoms. The molecule has 108 valence electrons. The van der Waals surface area contributed by atoms with Crippen LogP contribution in [0.1, 0.15) is 5.69 Å². The second-order valence-corrected chi connectivity index (χ2v) is 6.28. The van der Waals surface area contributed by atoms with Crippen LogP contribution in [0.5, 0.6) is 0 Å². The number of fused-ring (bicyclic) bond motifs is 1. The summed E-state index contributed by atoms with van der Waals surface area (Å²) in [6.45, 7) is 0. The van der Waals surface area contributed by atoms with Gasteiger partial charge in [0.15, 0.2) is 5.84 Å². The third kappa shape index (κ3) is 2.39. The maximum atomic E-state index is 12.3. The fraction of sp³-hybridized carbons (Fsp3) is 0.0769. The number of hydrogen-bond donors (Lipinski definition) is 1. The van der Waals surface area contributed by atoms with Crippen LogP contribution in [0.4, 0.5) is 5.69 Å². The molecule has 0 atom stereocenters. The Morgan fingerprint density at radius 2 is 2.05 bits per heavy atom. The van der Waals surface area contributed by atoms with Crippen LogP contribution in [-0.2, 0) is 10.0 Å². The van der Waals surface area contributed by atoms with Gasteiger partial charge < -0.3 is 0 Å². The van der Waals surface area contributed by atoms with E-state index in [2.05, 4.69) is 14.8 Å². The summed E-state index contributed by atoms with van der Waals surface area (Å²) in [4.78, 5) is 4.25. The SMILES string of the molecule is CNN1C(c2ccccn2)=NS(=O)(=O)c2ccc(Cl)cc21. The lowest BCUT2D eigenvalue weighted by atomic mass is 10.2. The third-order valence-electron chi connectivity index (χ3n) is 2.98. The van der Waals surface area contributed by atoms with Crippen LogP contribution >= 0.6 is 11.6 Å². The maximum absolute atomic E-state index is 12.3. The number of nitrogens with zero attached hydrogens (tertiary/aromatic N) is 3. The van der Waals surface area contributed by atoms with Crippen molar-refractivity contribution in [2.24, 2.45) is 4.40 Å². The Morgan fingerprint density at radius 1 is 1.24 bits per heavy atom. The molecular weight excluding hydrogens is 312 g/mol. The zero-order chi connectivity index (χ0) is 15.0. The minimum absolute atomic E-state index is 0.0981. The molecule has 0 saturated carbocycles. The molecule has 8 heteroatoms. The Morgan fingerprint density at radius 3 is 2.71 bits per heavy atom. The van der Waals surface area contributed by atoms with Crippen molar-refractivity contribution in [3.8, 4) is 0 Å². The fourth-order valence-corrected chi connectivity index (χ4v) is 3.41. The Bertz CT molecular complexity index is 821. The first kappa shape index (κ1) is 14.0. The number of pyridine rings is 1. The van der Waals surface area contributed by atoms with Crippen molar-refractivity contribution in [2.45, 2.75) is 4.90 Å². The van der Waals surface area contributed by atoms with E-state index in [1.165, 1.54) is 12.1 Å². The zero-order valence-electron chi connectivity index (χ0n) is 11.0. The van der Waals surface area contributed by atoms with E-state index in [0.717, 1.165) is 0 Å². The highest BCUT2D eigenvalue weighted by Crippen LogP contribution is 2.33. The van der Waals surface area contributed by atoms with Crippen LogP contribution in [0.3, 0.4) is 0 Å². The van der Waals surface area contributed by atoms with Crippen LogP contribution in [0.15, 0.2) is 51.9 Å². The highest BCUT2D eigenvalue weighted by atomic mass is 35.5. The van der Waals surface area contributed by atoms with Gasteiger partial charge in [-0.05, 0) is 30.3 Å². The van der Waals surface area contributed by atoms with Crippen LogP contribution in [-0.4, -0.2) is 26.3 Å². The summed E-state index contributed by atoms with van der Waals surface area (Å²) in [6, 6.07) is 9.73. The van der Waals surface area contributed by atoms with Gasteiger partial charge in [0.2, 0.25) is 0 Å². The van der Waals surface area contributed by atoms with Crippen molar-refractivity contribution < 1.29 is 8.42 Å². The van der Waals surface area contributed by atoms with Gasteiger partial charge >= 0.3 is 0 Å². The van der Waals surface area contributed by atoms with Gasteiger partial charge in [0.1, 0.15) is 10.6 Å². The lowest BCUT2D eigenvalue weighted by molar-refractivity contribution is 0.596. The molecule has 6 nitrogen and oxygen atoms in total. The topological polar surface area (TPSA) is 74.7 Å². The van der Waals surface area contributed by atoms with E-state index in [9.17, 15) is 8.42 Å². The van der Waals surface area contributed by atoms with Crippen LogP contribution < -0.4 is 10.4 Å². The molecule has 1 aromatic carbocycles. The highest BCUT2D eigenvalue weighted by Gasteiger charge is 2.31. The molecule has 0 amide bonds. The molecule has 21 heavy (non-hydrogen) atoms. The predicted molar refractivity (Wildman–Crippen MR) is 81.0 cm³/mol. The number of hydrogen-bond acceptors (Lipinski definition) is 5. The van der Waals surface area contributed by atoms with Crippen molar-refractivity contribution in [2.75, 3.05) is 12.1 Å². The van der Waals surface area contributed by atoms with Gasteiger partial charge in [-0.2, -0.15) is 8.42 Å². The zero-order valence-corrected chi connectivity index (χ0v) is 12.6. The van der Waals surface area contributed by atoms with E-state index >= 15 is 0 Å². The predicted octanol–water partition coefficient (Wildman–Crippen LogP) is 1.82. The van der Waals surface area contributed by atoms with Crippen LogP contribution in [0, 0.1) is 0 Å². The first-order valence-corrected chi connectivity index (χ1v) is 7.88. The average Bonchev–Trinajstić information content (AvgIpc) is 2.47. The Kier molecular flexibility index (Phi) is 3.40. The molecular formula is C13H11ClN4O2S. The van der Waals surface area contributed by atoms with E-state index in [0.29, 0.717) is 16.4 Å². The second-order valence-electron chi connectivity index (χ2n) is 4.28. The molecule has 1 aliphatic rings. The number of nitrogens with one attached hydrogen (secondary N) is 1. The van der Waals surface area contributed by atoms with Gasteiger partial charge in [0, 0.05) is 18.3 Å². The number of anilines is 1. The monoisotopic (exact) mass is 322 g/mol. The molecule has 0 radical (unpaired) electrons. The van der Waals surface area contributed by atoms with E-state index in [1.54, 1.807) is 42.5 Å². The first-order valence-electron chi connectivity index (χ1n) is 6.06. The largest absolute Gasteiger partial charge is 0.286 e. The van der Waals surface area contributed by atoms with Gasteiger partial charge in [-0.3, -0.25) is 9.99 Å². The molecule has 2 heterocycles. The van der Waals surface area contributed by atoms with Crippen LogP contribution in [0.25, 0.3) is 0 Å². The number of amidine groups is 1. The summed E-state index contributed by atoms with van der Waals surface area (Å²) in [5.41, 5.74) is 3.78. The molecule has 1 aliphatic heterocycles. The van der Waals surface area contributed by atoms with Crippen molar-refractivity contribution in [1.82, 2.24) is 10.4 Å². The number of rotatable bonds is 2. The van der Waals surface area contributed by atoms with E-state index in [-0.39, 0.29) is 10.7 Å². The van der Waals surface area contributed by atoms with Gasteiger partial charge in [-0.25, -0.2) is 5.43 Å². The standard InChI is InChI=1S/C13H11ClN4O2S/c1-15-18-11-8-9(14)5-6-12(11)21(19,20)17-13(18)10-4-2-3-7-16-10/h2-8,15H,1H3. The summed E-state index contributed by atoms with van der Waals surface area (Å²) < 4.78 is 28.5. The number of halogens is 1. The Hall–Kier alpha value is -1.96. The lowest BCUT2D eigenvalue weighted by Crippen LogP contribution is -2.44. The van der Waals surface area contributed by atoms with E-state index in [1.807, 2.05) is 0 Å². The average molecular weight is 323 g/mol. The molecule has 2 aromatic rings. The molecule has 1 aromatic heterocycles. The van der Waals surface area contributed by atoms with E-state index in [4.69, 9.17) is 11.6 Å². The summed E-state index contributed by atoms with van der Waals surface area (Å²) in [7, 11) is -2.12. The molecule has 3 rings (SSSR count). The normalized spacial score (nSPS) is 16.3. The maximum Gasteiger partial charge on any atom is 0.286 e. The third-order valence-corrected chi connectivity index (χ3v) is 4.53. The smallest absolute Gasteiger partial charge is 0.256 e. The fourth-order valence-electron chi connectivity index (χ4n) is 2.08. The molecule has 0 saturated heterocycles.